The molecule has 0 aliphatic heterocycles. The van der Waals surface area contributed by atoms with Crippen molar-refractivity contribution in [3.63, 3.8) is 0 Å². The molecule has 7 nitrogen and oxygen atoms in total. The van der Waals surface area contributed by atoms with Gasteiger partial charge in [0.25, 0.3) is 0 Å². The number of furan rings is 1. The molecule has 0 fully saturated rings. The molecule has 1 unspecified atom stereocenters. The Morgan fingerprint density at radius 2 is 2.13 bits per heavy atom. The molecule has 126 valence electrons. The van der Waals surface area contributed by atoms with E-state index in [0.29, 0.717) is 6.54 Å². The van der Waals surface area contributed by atoms with Crippen molar-refractivity contribution in [1.29, 1.82) is 0 Å². The molecule has 0 spiro atoms. The molecular formula is C16H25N5O2. The summed E-state index contributed by atoms with van der Waals surface area (Å²) in [5.41, 5.74) is 1.64. The molecule has 2 aromatic rings. The van der Waals surface area contributed by atoms with E-state index in [1.165, 1.54) is 0 Å². The van der Waals surface area contributed by atoms with Gasteiger partial charge in [-0.25, -0.2) is 4.68 Å². The summed E-state index contributed by atoms with van der Waals surface area (Å²) in [7, 11) is 3.84. The quantitative estimate of drug-likeness (QED) is 0.842. The predicted molar refractivity (Wildman–Crippen MR) is 87.8 cm³/mol. The lowest BCUT2D eigenvalue weighted by atomic mass is 10.0. The fraction of sp³-hybridized carbons (Fsp3) is 0.562. The van der Waals surface area contributed by atoms with Crippen molar-refractivity contribution in [2.75, 3.05) is 20.6 Å². The highest BCUT2D eigenvalue weighted by Crippen LogP contribution is 2.17. The molecule has 2 heterocycles. The third-order valence-electron chi connectivity index (χ3n) is 3.81. The van der Waals surface area contributed by atoms with E-state index in [0.717, 1.165) is 11.3 Å². The summed E-state index contributed by atoms with van der Waals surface area (Å²) in [5, 5.41) is 11.3. The number of carbonyl (C=O) groups excluding carboxylic acids is 1. The van der Waals surface area contributed by atoms with Crippen molar-refractivity contribution in [2.24, 2.45) is 5.92 Å². The molecule has 23 heavy (non-hydrogen) atoms. The number of aromatic nitrogens is 3. The van der Waals surface area contributed by atoms with Gasteiger partial charge in [0.1, 0.15) is 5.69 Å². The van der Waals surface area contributed by atoms with Gasteiger partial charge in [-0.3, -0.25) is 9.69 Å². The summed E-state index contributed by atoms with van der Waals surface area (Å²) in [6.07, 6.45) is 5.09. The van der Waals surface area contributed by atoms with Gasteiger partial charge >= 0.3 is 0 Å². The van der Waals surface area contributed by atoms with Crippen LogP contribution in [0.4, 0.5) is 0 Å². The minimum absolute atomic E-state index is 0.0158. The first kappa shape index (κ1) is 17.2. The fourth-order valence-corrected chi connectivity index (χ4v) is 2.61. The fourth-order valence-electron chi connectivity index (χ4n) is 2.61. The smallest absolute Gasteiger partial charge is 0.237 e. The van der Waals surface area contributed by atoms with E-state index in [-0.39, 0.29) is 23.9 Å². The molecule has 2 aromatic heterocycles. The first-order chi connectivity index (χ1) is 10.9. The first-order valence-electron chi connectivity index (χ1n) is 7.78. The van der Waals surface area contributed by atoms with Crippen LogP contribution >= 0.6 is 0 Å². The molecule has 0 bridgehead atoms. The van der Waals surface area contributed by atoms with Crippen molar-refractivity contribution in [2.45, 2.75) is 32.9 Å². The van der Waals surface area contributed by atoms with Crippen LogP contribution in [0.2, 0.25) is 0 Å². The summed E-state index contributed by atoms with van der Waals surface area (Å²) in [6.45, 7) is 6.59. The summed E-state index contributed by atoms with van der Waals surface area (Å²) in [4.78, 5) is 14.3. The Labute approximate surface area is 136 Å². The Kier molecular flexibility index (Phi) is 5.54. The molecule has 1 amide bonds. The predicted octanol–water partition coefficient (Wildman–Crippen LogP) is 1.80. The van der Waals surface area contributed by atoms with Crippen LogP contribution in [-0.4, -0.2) is 52.5 Å². The highest BCUT2D eigenvalue weighted by atomic mass is 16.3. The van der Waals surface area contributed by atoms with Gasteiger partial charge in [-0.05, 0) is 33.0 Å². The number of amides is 1. The molecule has 0 aromatic carbocycles. The van der Waals surface area contributed by atoms with Crippen molar-refractivity contribution in [3.8, 4) is 11.3 Å². The molecule has 0 saturated carbocycles. The third-order valence-corrected chi connectivity index (χ3v) is 3.81. The summed E-state index contributed by atoms with van der Waals surface area (Å²) in [5.74, 6) is 0.284. The van der Waals surface area contributed by atoms with Gasteiger partial charge in [0, 0.05) is 12.1 Å². The van der Waals surface area contributed by atoms with Crippen LogP contribution in [-0.2, 0) is 4.79 Å². The zero-order chi connectivity index (χ0) is 17.0. The number of hydrogen-bond acceptors (Lipinski definition) is 5. The molecule has 2 atom stereocenters. The summed E-state index contributed by atoms with van der Waals surface area (Å²) < 4.78 is 6.80. The average molecular weight is 319 g/mol. The maximum absolute atomic E-state index is 12.3. The summed E-state index contributed by atoms with van der Waals surface area (Å²) >= 11 is 0. The monoisotopic (exact) mass is 319 g/mol. The highest BCUT2D eigenvalue weighted by molar-refractivity contribution is 5.81. The van der Waals surface area contributed by atoms with Crippen LogP contribution in [0.25, 0.3) is 11.3 Å². The van der Waals surface area contributed by atoms with Gasteiger partial charge in [-0.1, -0.05) is 19.1 Å². The number of rotatable bonds is 7. The van der Waals surface area contributed by atoms with Crippen LogP contribution in [0.15, 0.2) is 29.2 Å². The minimum Gasteiger partial charge on any atom is -0.472 e. The Morgan fingerprint density at radius 3 is 2.70 bits per heavy atom. The number of carbonyl (C=O) groups is 1. The molecular weight excluding hydrogens is 294 g/mol. The second-order valence-electron chi connectivity index (χ2n) is 6.34. The molecule has 0 aliphatic carbocycles. The van der Waals surface area contributed by atoms with Gasteiger partial charge in [0.05, 0.1) is 30.8 Å². The number of likely N-dealkylation sites (N-methyl/N-ethyl adjacent to an activating group) is 1. The van der Waals surface area contributed by atoms with E-state index < -0.39 is 0 Å². The molecule has 0 saturated heterocycles. The topological polar surface area (TPSA) is 76.2 Å². The van der Waals surface area contributed by atoms with Crippen LogP contribution in [0, 0.1) is 5.92 Å². The SMILES string of the molecule is CC(C)[C@H](C(=O)NCC(C)n1cc(-c2ccoc2)nn1)N(C)C. The van der Waals surface area contributed by atoms with E-state index in [1.807, 2.05) is 52.0 Å². The lowest BCUT2D eigenvalue weighted by Crippen LogP contribution is -2.47. The zero-order valence-corrected chi connectivity index (χ0v) is 14.4. The van der Waals surface area contributed by atoms with E-state index in [1.54, 1.807) is 17.2 Å². The van der Waals surface area contributed by atoms with Crippen molar-refractivity contribution in [1.82, 2.24) is 25.2 Å². The van der Waals surface area contributed by atoms with Gasteiger partial charge in [-0.15, -0.1) is 5.10 Å². The number of nitrogens with one attached hydrogen (secondary N) is 1. The second kappa shape index (κ2) is 7.41. The van der Waals surface area contributed by atoms with Crippen LogP contribution in [0.3, 0.4) is 0 Å². The van der Waals surface area contributed by atoms with Crippen LogP contribution in [0.1, 0.15) is 26.8 Å². The van der Waals surface area contributed by atoms with Crippen molar-refractivity contribution >= 4 is 5.91 Å². The Bertz CT molecular complexity index is 610. The van der Waals surface area contributed by atoms with Gasteiger partial charge in [0.2, 0.25) is 5.91 Å². The lowest BCUT2D eigenvalue weighted by molar-refractivity contribution is -0.127. The normalized spacial score (nSPS) is 14.2. The average Bonchev–Trinajstić information content (AvgIpc) is 3.14. The second-order valence-corrected chi connectivity index (χ2v) is 6.34. The van der Waals surface area contributed by atoms with Gasteiger partial charge < -0.3 is 9.73 Å². The minimum atomic E-state index is -0.139. The van der Waals surface area contributed by atoms with Gasteiger partial charge in [-0.2, -0.15) is 0 Å². The molecule has 2 rings (SSSR count). The molecule has 7 heteroatoms. The standard InChI is InChI=1S/C16H25N5O2/c1-11(2)15(20(4)5)16(22)17-8-12(3)21-9-14(18-19-21)13-6-7-23-10-13/h6-7,9-12,15H,8H2,1-5H3,(H,17,22)/t12?,15-/m1/s1. The maximum atomic E-state index is 12.3. The Hall–Kier alpha value is -2.15. The molecule has 1 N–H and O–H groups in total. The molecule has 0 aliphatic rings. The maximum Gasteiger partial charge on any atom is 0.237 e. The largest absolute Gasteiger partial charge is 0.472 e. The number of hydrogen-bond donors (Lipinski definition) is 1. The van der Waals surface area contributed by atoms with Crippen LogP contribution in [0.5, 0.6) is 0 Å². The number of nitrogens with zero attached hydrogens (tertiary/aromatic N) is 4. The van der Waals surface area contributed by atoms with E-state index in [2.05, 4.69) is 15.6 Å². The van der Waals surface area contributed by atoms with E-state index in [9.17, 15) is 4.79 Å². The zero-order valence-electron chi connectivity index (χ0n) is 14.4. The summed E-state index contributed by atoms with van der Waals surface area (Å²) in [6, 6.07) is 1.71. The lowest BCUT2D eigenvalue weighted by Gasteiger charge is -2.27. The van der Waals surface area contributed by atoms with Gasteiger partial charge in [0.15, 0.2) is 0 Å². The van der Waals surface area contributed by atoms with E-state index in [4.69, 9.17) is 4.42 Å². The van der Waals surface area contributed by atoms with E-state index >= 15 is 0 Å². The van der Waals surface area contributed by atoms with Crippen LogP contribution < -0.4 is 5.32 Å². The van der Waals surface area contributed by atoms with Crippen molar-refractivity contribution < 1.29 is 9.21 Å². The third kappa shape index (κ3) is 4.19. The van der Waals surface area contributed by atoms with Crippen molar-refractivity contribution in [3.05, 3.63) is 24.8 Å². The first-order valence-corrected chi connectivity index (χ1v) is 7.78. The highest BCUT2D eigenvalue weighted by Gasteiger charge is 2.24. The Morgan fingerprint density at radius 1 is 1.39 bits per heavy atom. The Balaban J connectivity index is 1.94. The molecule has 0 radical (unpaired) electrons.